The molecule has 0 atom stereocenters. The summed E-state index contributed by atoms with van der Waals surface area (Å²) in [6, 6.07) is 0. The highest BCUT2D eigenvalue weighted by atomic mass is 35.5. The zero-order chi connectivity index (χ0) is 12.6. The molecule has 2 rings (SSSR count). The van der Waals surface area contributed by atoms with Gasteiger partial charge < -0.3 is 10.1 Å². The molecule has 7 heteroatoms. The minimum absolute atomic E-state index is 0.0328. The monoisotopic (exact) mass is 257 g/mol. The van der Waals surface area contributed by atoms with E-state index in [0.717, 1.165) is 12.8 Å². The molecule has 1 fully saturated rings. The molecular formula is C10H12ClN3O3. The second-order valence-corrected chi connectivity index (χ2v) is 4.65. The molecule has 1 aliphatic carbocycles. The Labute approximate surface area is 103 Å². The number of carbonyl (C=O) groups is 2. The number of aromatic amines is 1. The van der Waals surface area contributed by atoms with Crippen molar-refractivity contribution in [2.75, 3.05) is 12.4 Å². The predicted molar refractivity (Wildman–Crippen MR) is 60.9 cm³/mol. The van der Waals surface area contributed by atoms with Gasteiger partial charge in [-0.15, -0.1) is 0 Å². The van der Waals surface area contributed by atoms with Gasteiger partial charge in [0, 0.05) is 5.41 Å². The van der Waals surface area contributed by atoms with Crippen LogP contribution in [0.15, 0.2) is 0 Å². The summed E-state index contributed by atoms with van der Waals surface area (Å²) in [7, 11) is 1.24. The molecule has 17 heavy (non-hydrogen) atoms. The summed E-state index contributed by atoms with van der Waals surface area (Å²) in [6.45, 7) is 1.87. The number of ether oxygens (including phenoxy) is 1. The van der Waals surface area contributed by atoms with Crippen molar-refractivity contribution in [3.8, 4) is 0 Å². The molecule has 2 N–H and O–H groups in total. The number of methoxy groups -OCH3 is 1. The summed E-state index contributed by atoms with van der Waals surface area (Å²) in [6.07, 6.45) is 1.70. The van der Waals surface area contributed by atoms with Crippen molar-refractivity contribution in [3.63, 3.8) is 0 Å². The molecule has 0 unspecified atom stereocenters. The Bertz CT molecular complexity index is 479. The Hall–Kier alpha value is -1.56. The van der Waals surface area contributed by atoms with Crippen molar-refractivity contribution in [1.82, 2.24) is 10.2 Å². The Morgan fingerprint density at radius 1 is 1.53 bits per heavy atom. The number of rotatable bonds is 3. The number of hydrogen-bond acceptors (Lipinski definition) is 4. The van der Waals surface area contributed by atoms with E-state index in [1.165, 1.54) is 7.11 Å². The van der Waals surface area contributed by atoms with Gasteiger partial charge in [-0.05, 0) is 12.8 Å². The molecule has 0 saturated heterocycles. The molecule has 0 bridgehead atoms. The number of nitrogens with zero attached hydrogens (tertiary/aromatic N) is 1. The lowest BCUT2D eigenvalue weighted by Crippen LogP contribution is -2.21. The smallest absolute Gasteiger partial charge is 0.357 e. The van der Waals surface area contributed by atoms with Gasteiger partial charge in [0.15, 0.2) is 11.5 Å². The number of anilines is 1. The Balaban J connectivity index is 2.15. The van der Waals surface area contributed by atoms with Crippen LogP contribution in [-0.4, -0.2) is 29.2 Å². The third-order valence-corrected chi connectivity index (χ3v) is 3.24. The number of carbonyl (C=O) groups excluding carboxylic acids is 2. The number of nitrogens with one attached hydrogen (secondary N) is 2. The Morgan fingerprint density at radius 2 is 2.18 bits per heavy atom. The van der Waals surface area contributed by atoms with Crippen LogP contribution >= 0.6 is 11.6 Å². The van der Waals surface area contributed by atoms with Crippen molar-refractivity contribution >= 4 is 29.3 Å². The normalized spacial score (nSPS) is 16.4. The van der Waals surface area contributed by atoms with Gasteiger partial charge in [0.1, 0.15) is 5.02 Å². The molecule has 1 aromatic rings. The highest BCUT2D eigenvalue weighted by Crippen LogP contribution is 2.46. The molecule has 1 aromatic heterocycles. The largest absolute Gasteiger partial charge is 0.464 e. The summed E-state index contributed by atoms with van der Waals surface area (Å²) < 4.78 is 4.51. The van der Waals surface area contributed by atoms with Crippen LogP contribution in [0.4, 0.5) is 5.82 Å². The molecule has 0 radical (unpaired) electrons. The van der Waals surface area contributed by atoms with Gasteiger partial charge in [-0.3, -0.25) is 9.89 Å². The molecule has 0 aromatic carbocycles. The molecule has 1 heterocycles. The second kappa shape index (κ2) is 4.03. The fourth-order valence-electron chi connectivity index (χ4n) is 1.32. The number of esters is 1. The Morgan fingerprint density at radius 3 is 2.71 bits per heavy atom. The molecule has 0 aliphatic heterocycles. The van der Waals surface area contributed by atoms with E-state index >= 15 is 0 Å². The molecule has 0 spiro atoms. The highest BCUT2D eigenvalue weighted by molar-refractivity contribution is 6.36. The zero-order valence-electron chi connectivity index (χ0n) is 9.46. The quantitative estimate of drug-likeness (QED) is 0.806. The second-order valence-electron chi connectivity index (χ2n) is 4.27. The fraction of sp³-hybridized carbons (Fsp3) is 0.500. The van der Waals surface area contributed by atoms with Gasteiger partial charge in [-0.1, -0.05) is 18.5 Å². The van der Waals surface area contributed by atoms with Gasteiger partial charge in [0.05, 0.1) is 7.11 Å². The van der Waals surface area contributed by atoms with Gasteiger partial charge in [-0.25, -0.2) is 4.79 Å². The van der Waals surface area contributed by atoms with Crippen LogP contribution < -0.4 is 5.32 Å². The van der Waals surface area contributed by atoms with E-state index in [9.17, 15) is 9.59 Å². The molecule has 92 valence electrons. The minimum atomic E-state index is -0.624. The lowest BCUT2D eigenvalue weighted by molar-refractivity contribution is -0.120. The van der Waals surface area contributed by atoms with Crippen molar-refractivity contribution in [2.24, 2.45) is 5.41 Å². The molecule has 1 amide bonds. The number of halogens is 1. The maximum Gasteiger partial charge on any atom is 0.357 e. The number of H-pyrrole nitrogens is 1. The van der Waals surface area contributed by atoms with Crippen molar-refractivity contribution in [2.45, 2.75) is 19.8 Å². The summed E-state index contributed by atoms with van der Waals surface area (Å²) in [4.78, 5) is 23.0. The van der Waals surface area contributed by atoms with E-state index in [1.54, 1.807) is 0 Å². The van der Waals surface area contributed by atoms with Gasteiger partial charge in [0.25, 0.3) is 0 Å². The topological polar surface area (TPSA) is 84.1 Å². The Kier molecular flexibility index (Phi) is 2.82. The summed E-state index contributed by atoms with van der Waals surface area (Å²) in [5.74, 6) is -0.604. The first-order valence-electron chi connectivity index (χ1n) is 5.11. The predicted octanol–water partition coefficient (Wildman–Crippen LogP) is 1.59. The van der Waals surface area contributed by atoms with Crippen LogP contribution in [0.3, 0.4) is 0 Å². The van der Waals surface area contributed by atoms with E-state index in [2.05, 4.69) is 20.3 Å². The average molecular weight is 258 g/mol. The summed E-state index contributed by atoms with van der Waals surface area (Å²) in [5.41, 5.74) is -0.293. The summed E-state index contributed by atoms with van der Waals surface area (Å²) in [5, 5.41) is 8.86. The van der Waals surface area contributed by atoms with E-state index in [4.69, 9.17) is 11.6 Å². The van der Waals surface area contributed by atoms with Crippen LogP contribution in [-0.2, 0) is 9.53 Å². The zero-order valence-corrected chi connectivity index (χ0v) is 10.2. The number of amides is 1. The van der Waals surface area contributed by atoms with E-state index in [-0.39, 0.29) is 27.9 Å². The van der Waals surface area contributed by atoms with Crippen LogP contribution in [0.2, 0.25) is 5.02 Å². The van der Waals surface area contributed by atoms with Crippen LogP contribution in [0.1, 0.15) is 30.3 Å². The third kappa shape index (κ3) is 2.12. The van der Waals surface area contributed by atoms with E-state index in [0.29, 0.717) is 0 Å². The molecule has 6 nitrogen and oxygen atoms in total. The lowest BCUT2D eigenvalue weighted by Gasteiger charge is -2.07. The maximum absolute atomic E-state index is 11.8. The SMILES string of the molecule is COC(=O)c1[nH]nc(NC(=O)C2(C)CC2)c1Cl. The standard InChI is InChI=1S/C10H12ClN3O3/c1-10(3-4-10)9(16)12-7-5(11)6(13-14-7)8(15)17-2/h3-4H2,1-2H3,(H2,12,13,14,16). The van der Waals surface area contributed by atoms with Gasteiger partial charge >= 0.3 is 5.97 Å². The number of hydrogen-bond donors (Lipinski definition) is 2. The lowest BCUT2D eigenvalue weighted by atomic mass is 10.1. The fourth-order valence-corrected chi connectivity index (χ4v) is 1.53. The van der Waals surface area contributed by atoms with Crippen molar-refractivity contribution < 1.29 is 14.3 Å². The first kappa shape index (κ1) is 11.9. The van der Waals surface area contributed by atoms with Crippen LogP contribution in [0.25, 0.3) is 0 Å². The van der Waals surface area contributed by atoms with Crippen LogP contribution in [0.5, 0.6) is 0 Å². The number of aromatic nitrogens is 2. The van der Waals surface area contributed by atoms with Crippen LogP contribution in [0, 0.1) is 5.41 Å². The molecule has 1 saturated carbocycles. The molecule has 1 aliphatic rings. The first-order valence-corrected chi connectivity index (χ1v) is 5.49. The first-order chi connectivity index (χ1) is 7.98. The van der Waals surface area contributed by atoms with Gasteiger partial charge in [0.2, 0.25) is 5.91 Å². The van der Waals surface area contributed by atoms with Crippen molar-refractivity contribution in [1.29, 1.82) is 0 Å². The van der Waals surface area contributed by atoms with Gasteiger partial charge in [-0.2, -0.15) is 5.10 Å². The average Bonchev–Trinajstić information content (AvgIpc) is 2.96. The van der Waals surface area contributed by atoms with E-state index in [1.807, 2.05) is 6.92 Å². The highest BCUT2D eigenvalue weighted by Gasteiger charge is 2.45. The third-order valence-electron chi connectivity index (χ3n) is 2.88. The molecular weight excluding hydrogens is 246 g/mol. The van der Waals surface area contributed by atoms with E-state index < -0.39 is 5.97 Å². The van der Waals surface area contributed by atoms with Crippen molar-refractivity contribution in [3.05, 3.63) is 10.7 Å². The maximum atomic E-state index is 11.8. The summed E-state index contributed by atoms with van der Waals surface area (Å²) >= 11 is 5.90. The minimum Gasteiger partial charge on any atom is -0.464 e.